The summed E-state index contributed by atoms with van der Waals surface area (Å²) in [4.78, 5) is 4.14. The van der Waals surface area contributed by atoms with E-state index in [1.807, 2.05) is 23.7 Å². The number of hydrogen-bond acceptors (Lipinski definition) is 3. The second-order valence-electron chi connectivity index (χ2n) is 3.54. The topological polar surface area (TPSA) is 56.2 Å². The van der Waals surface area contributed by atoms with Crippen molar-refractivity contribution in [1.29, 1.82) is 0 Å². The van der Waals surface area contributed by atoms with Gasteiger partial charge in [0.15, 0.2) is 0 Å². The van der Waals surface area contributed by atoms with Crippen molar-refractivity contribution >= 4 is 5.52 Å². The molecule has 0 saturated heterocycles. The molecule has 2 aromatic heterocycles. The molecule has 2 rings (SSSR count). The summed E-state index contributed by atoms with van der Waals surface area (Å²) < 4.78 is 1.92. The lowest BCUT2D eigenvalue weighted by molar-refractivity contribution is 0.696. The molecule has 14 heavy (non-hydrogen) atoms. The van der Waals surface area contributed by atoms with Crippen LogP contribution in [0.5, 0.6) is 0 Å². The summed E-state index contributed by atoms with van der Waals surface area (Å²) >= 11 is 0. The largest absolute Gasteiger partial charge is 0.330 e. The van der Waals surface area contributed by atoms with Crippen LogP contribution in [-0.2, 0) is 0 Å². The zero-order valence-electron chi connectivity index (χ0n) is 8.44. The van der Waals surface area contributed by atoms with Crippen LogP contribution in [-0.4, -0.2) is 21.1 Å². The molecular formula is C10H14N4. The monoisotopic (exact) mass is 190 g/mol. The number of nitrogens with two attached hydrogens (primary N) is 1. The van der Waals surface area contributed by atoms with Gasteiger partial charge in [-0.1, -0.05) is 6.92 Å². The second kappa shape index (κ2) is 3.38. The normalized spacial score (nSPS) is 13.4. The molecule has 0 aliphatic rings. The number of nitrogens with zero attached hydrogens (tertiary/aromatic N) is 3. The quantitative estimate of drug-likeness (QED) is 0.771. The summed E-state index contributed by atoms with van der Waals surface area (Å²) in [7, 11) is 0. The Hall–Kier alpha value is -1.42. The molecule has 0 spiro atoms. The van der Waals surface area contributed by atoms with E-state index in [-0.39, 0.29) is 0 Å². The summed E-state index contributed by atoms with van der Waals surface area (Å²) in [5, 5.41) is 4.35. The van der Waals surface area contributed by atoms with E-state index in [0.29, 0.717) is 12.5 Å². The second-order valence-corrected chi connectivity index (χ2v) is 3.54. The molecule has 0 saturated carbocycles. The van der Waals surface area contributed by atoms with Gasteiger partial charge in [0.05, 0.1) is 11.7 Å². The van der Waals surface area contributed by atoms with Gasteiger partial charge in [0.25, 0.3) is 0 Å². The average molecular weight is 190 g/mol. The van der Waals surface area contributed by atoms with Crippen molar-refractivity contribution in [1.82, 2.24) is 14.6 Å². The van der Waals surface area contributed by atoms with Crippen LogP contribution in [0.4, 0.5) is 0 Å². The van der Waals surface area contributed by atoms with Crippen LogP contribution in [0.25, 0.3) is 5.52 Å². The molecule has 2 heterocycles. The Morgan fingerprint density at radius 3 is 3.00 bits per heavy atom. The van der Waals surface area contributed by atoms with Crippen molar-refractivity contribution in [3.8, 4) is 0 Å². The maximum atomic E-state index is 5.64. The Kier molecular flexibility index (Phi) is 2.21. The fraction of sp³-hybridized carbons (Fsp3) is 0.400. The zero-order chi connectivity index (χ0) is 10.1. The van der Waals surface area contributed by atoms with Crippen LogP contribution >= 0.6 is 0 Å². The van der Waals surface area contributed by atoms with E-state index < -0.39 is 0 Å². The molecule has 1 unspecified atom stereocenters. The predicted molar refractivity (Wildman–Crippen MR) is 55.2 cm³/mol. The molecule has 4 nitrogen and oxygen atoms in total. The standard InChI is InChI=1S/C10H14N4/c1-7(5-11)10-4-3-9-6-12-8(2)13-14(9)10/h3-4,6-7H,5,11H2,1-2H3. The van der Waals surface area contributed by atoms with Crippen molar-refractivity contribution in [2.24, 2.45) is 5.73 Å². The van der Waals surface area contributed by atoms with Crippen molar-refractivity contribution in [3.63, 3.8) is 0 Å². The van der Waals surface area contributed by atoms with Gasteiger partial charge in [-0.25, -0.2) is 9.50 Å². The number of rotatable bonds is 2. The number of hydrogen-bond donors (Lipinski definition) is 1. The molecule has 0 aromatic carbocycles. The summed E-state index contributed by atoms with van der Waals surface area (Å²) in [5.74, 6) is 1.10. The van der Waals surface area contributed by atoms with E-state index in [1.54, 1.807) is 0 Å². The molecule has 0 amide bonds. The summed E-state index contributed by atoms with van der Waals surface area (Å²) in [6.07, 6.45) is 1.83. The van der Waals surface area contributed by atoms with Crippen molar-refractivity contribution < 1.29 is 0 Å². The third-order valence-electron chi connectivity index (χ3n) is 2.40. The lowest BCUT2D eigenvalue weighted by atomic mass is 10.1. The zero-order valence-corrected chi connectivity index (χ0v) is 8.44. The van der Waals surface area contributed by atoms with E-state index in [9.17, 15) is 0 Å². The Morgan fingerprint density at radius 1 is 1.50 bits per heavy atom. The third kappa shape index (κ3) is 1.37. The van der Waals surface area contributed by atoms with Gasteiger partial charge in [0.2, 0.25) is 0 Å². The first kappa shape index (κ1) is 9.15. The Balaban J connectivity index is 2.61. The smallest absolute Gasteiger partial charge is 0.146 e. The maximum Gasteiger partial charge on any atom is 0.146 e. The van der Waals surface area contributed by atoms with E-state index in [0.717, 1.165) is 17.0 Å². The highest BCUT2D eigenvalue weighted by Gasteiger charge is 2.09. The van der Waals surface area contributed by atoms with E-state index in [2.05, 4.69) is 23.1 Å². The molecule has 0 fully saturated rings. The molecule has 0 aliphatic heterocycles. The highest BCUT2D eigenvalue weighted by Crippen LogP contribution is 2.16. The van der Waals surface area contributed by atoms with Gasteiger partial charge in [-0.3, -0.25) is 0 Å². The van der Waals surface area contributed by atoms with E-state index in [4.69, 9.17) is 5.73 Å². The van der Waals surface area contributed by atoms with Crippen LogP contribution in [0.1, 0.15) is 24.4 Å². The van der Waals surface area contributed by atoms with Crippen molar-refractivity contribution in [2.75, 3.05) is 6.54 Å². The number of fused-ring (bicyclic) bond motifs is 1. The SMILES string of the molecule is Cc1ncc2ccc(C(C)CN)n2n1. The first-order chi connectivity index (χ1) is 6.72. The van der Waals surface area contributed by atoms with Crippen LogP contribution in [0, 0.1) is 6.92 Å². The van der Waals surface area contributed by atoms with Gasteiger partial charge in [0, 0.05) is 18.2 Å². The van der Waals surface area contributed by atoms with Gasteiger partial charge < -0.3 is 5.73 Å². The van der Waals surface area contributed by atoms with Crippen LogP contribution in [0.15, 0.2) is 18.3 Å². The number of aromatic nitrogens is 3. The molecule has 1 atom stereocenters. The van der Waals surface area contributed by atoms with Gasteiger partial charge in [-0.2, -0.15) is 5.10 Å². The minimum absolute atomic E-state index is 0.326. The van der Waals surface area contributed by atoms with Crippen LogP contribution in [0.3, 0.4) is 0 Å². The molecule has 0 aliphatic carbocycles. The molecule has 2 aromatic rings. The van der Waals surface area contributed by atoms with E-state index in [1.165, 1.54) is 0 Å². The molecule has 0 radical (unpaired) electrons. The Labute approximate surface area is 82.8 Å². The predicted octanol–water partition coefficient (Wildman–Crippen LogP) is 1.10. The minimum Gasteiger partial charge on any atom is -0.330 e. The van der Waals surface area contributed by atoms with Crippen molar-refractivity contribution in [3.05, 3.63) is 29.8 Å². The van der Waals surface area contributed by atoms with Crippen LogP contribution < -0.4 is 5.73 Å². The third-order valence-corrected chi connectivity index (χ3v) is 2.40. The van der Waals surface area contributed by atoms with Gasteiger partial charge in [-0.15, -0.1) is 0 Å². The fourth-order valence-corrected chi connectivity index (χ4v) is 1.50. The Morgan fingerprint density at radius 2 is 2.29 bits per heavy atom. The fourth-order valence-electron chi connectivity index (χ4n) is 1.50. The van der Waals surface area contributed by atoms with Gasteiger partial charge in [0.1, 0.15) is 5.82 Å². The first-order valence-corrected chi connectivity index (χ1v) is 4.73. The highest BCUT2D eigenvalue weighted by atomic mass is 15.3. The molecular weight excluding hydrogens is 176 g/mol. The van der Waals surface area contributed by atoms with Crippen LogP contribution in [0.2, 0.25) is 0 Å². The molecule has 2 N–H and O–H groups in total. The maximum absolute atomic E-state index is 5.64. The lowest BCUT2D eigenvalue weighted by Gasteiger charge is -2.07. The number of aryl methyl sites for hydroxylation is 1. The molecule has 4 heteroatoms. The van der Waals surface area contributed by atoms with Gasteiger partial charge in [-0.05, 0) is 19.1 Å². The molecule has 74 valence electrons. The summed E-state index contributed by atoms with van der Waals surface area (Å²) in [6.45, 7) is 4.62. The Bertz CT molecular complexity index is 446. The van der Waals surface area contributed by atoms with Gasteiger partial charge >= 0.3 is 0 Å². The minimum atomic E-state index is 0.326. The molecule has 0 bridgehead atoms. The average Bonchev–Trinajstić information content (AvgIpc) is 2.59. The van der Waals surface area contributed by atoms with Crippen molar-refractivity contribution in [2.45, 2.75) is 19.8 Å². The summed E-state index contributed by atoms with van der Waals surface area (Å²) in [6, 6.07) is 4.07. The van der Waals surface area contributed by atoms with E-state index >= 15 is 0 Å². The first-order valence-electron chi connectivity index (χ1n) is 4.73. The summed E-state index contributed by atoms with van der Waals surface area (Å²) in [5.41, 5.74) is 7.80. The highest BCUT2D eigenvalue weighted by molar-refractivity contribution is 5.46. The lowest BCUT2D eigenvalue weighted by Crippen LogP contribution is -2.12.